The van der Waals surface area contributed by atoms with Gasteiger partial charge in [0.2, 0.25) is 0 Å². The van der Waals surface area contributed by atoms with Gasteiger partial charge in [0, 0.05) is 18.5 Å². The van der Waals surface area contributed by atoms with Crippen LogP contribution in [-0.4, -0.2) is 28.2 Å². The summed E-state index contributed by atoms with van der Waals surface area (Å²) in [5.74, 6) is 0.510. The Kier molecular flexibility index (Phi) is 4.84. The van der Waals surface area contributed by atoms with E-state index in [2.05, 4.69) is 10.3 Å². The average Bonchev–Trinajstić information content (AvgIpc) is 2.48. The van der Waals surface area contributed by atoms with E-state index in [0.717, 1.165) is 5.56 Å². The molecule has 1 unspecified atom stereocenters. The van der Waals surface area contributed by atoms with Crippen LogP contribution in [-0.2, 0) is 0 Å². The first-order valence-corrected chi connectivity index (χ1v) is 6.63. The van der Waals surface area contributed by atoms with E-state index in [9.17, 15) is 15.2 Å². The van der Waals surface area contributed by atoms with E-state index < -0.39 is 4.92 Å². The third-order valence-electron chi connectivity index (χ3n) is 3.28. The normalized spacial score (nSPS) is 11.9. The highest BCUT2D eigenvalue weighted by molar-refractivity contribution is 5.45. The number of aliphatic hydroxyl groups excluding tert-OH is 1. The number of hydrogen-bond acceptors (Lipinski definition) is 5. The lowest BCUT2D eigenvalue weighted by molar-refractivity contribution is -0.385. The van der Waals surface area contributed by atoms with Gasteiger partial charge < -0.3 is 10.4 Å². The van der Waals surface area contributed by atoms with E-state index in [1.165, 1.54) is 6.07 Å². The molecule has 0 radical (unpaired) electrons. The number of aliphatic hydroxyl groups is 1. The molecule has 0 spiro atoms. The summed E-state index contributed by atoms with van der Waals surface area (Å²) in [6, 6.07) is 12.7. The first kappa shape index (κ1) is 14.9. The van der Waals surface area contributed by atoms with Crippen LogP contribution < -0.4 is 5.32 Å². The first-order valence-electron chi connectivity index (χ1n) is 6.63. The van der Waals surface area contributed by atoms with Crippen molar-refractivity contribution < 1.29 is 10.0 Å². The van der Waals surface area contributed by atoms with Crippen LogP contribution in [0.25, 0.3) is 0 Å². The zero-order valence-corrected chi connectivity index (χ0v) is 11.7. The molecule has 0 aliphatic carbocycles. The second-order valence-electron chi connectivity index (χ2n) is 4.73. The topological polar surface area (TPSA) is 88.3 Å². The maximum atomic E-state index is 10.7. The summed E-state index contributed by atoms with van der Waals surface area (Å²) in [6.07, 6.45) is 0. The maximum absolute atomic E-state index is 10.7. The molecule has 0 aliphatic rings. The monoisotopic (exact) mass is 287 g/mol. The van der Waals surface area contributed by atoms with Gasteiger partial charge in [-0.1, -0.05) is 30.3 Å². The number of hydrogen-bond donors (Lipinski definition) is 2. The van der Waals surface area contributed by atoms with Crippen molar-refractivity contribution in [1.82, 2.24) is 4.98 Å². The Morgan fingerprint density at radius 1 is 1.29 bits per heavy atom. The maximum Gasteiger partial charge on any atom is 0.290 e. The molecule has 2 rings (SSSR count). The largest absolute Gasteiger partial charge is 0.396 e. The quantitative estimate of drug-likeness (QED) is 0.629. The number of anilines is 1. The van der Waals surface area contributed by atoms with Crippen LogP contribution >= 0.6 is 0 Å². The van der Waals surface area contributed by atoms with Crippen molar-refractivity contribution in [2.45, 2.75) is 12.8 Å². The predicted molar refractivity (Wildman–Crippen MR) is 80.4 cm³/mol. The van der Waals surface area contributed by atoms with Gasteiger partial charge in [0.05, 0.1) is 11.5 Å². The van der Waals surface area contributed by atoms with Crippen molar-refractivity contribution in [2.24, 2.45) is 0 Å². The highest BCUT2D eigenvalue weighted by Gasteiger charge is 2.13. The Bertz CT molecular complexity index is 617. The fourth-order valence-corrected chi connectivity index (χ4v) is 2.09. The number of pyridine rings is 1. The van der Waals surface area contributed by atoms with Crippen LogP contribution in [0.3, 0.4) is 0 Å². The van der Waals surface area contributed by atoms with Crippen LogP contribution in [0, 0.1) is 17.0 Å². The lowest BCUT2D eigenvalue weighted by Crippen LogP contribution is -2.17. The third kappa shape index (κ3) is 3.76. The molecule has 0 saturated heterocycles. The average molecular weight is 287 g/mol. The van der Waals surface area contributed by atoms with Gasteiger partial charge in [-0.3, -0.25) is 10.1 Å². The fourth-order valence-electron chi connectivity index (χ4n) is 2.09. The summed E-state index contributed by atoms with van der Waals surface area (Å²) in [5.41, 5.74) is 1.40. The molecular formula is C15H17N3O3. The van der Waals surface area contributed by atoms with E-state index in [1.807, 2.05) is 30.3 Å². The summed E-state index contributed by atoms with van der Waals surface area (Å²) < 4.78 is 0. The summed E-state index contributed by atoms with van der Waals surface area (Å²) in [4.78, 5) is 14.5. The number of nitrogens with zero attached hydrogens (tertiary/aromatic N) is 2. The van der Waals surface area contributed by atoms with Crippen molar-refractivity contribution in [3.8, 4) is 0 Å². The van der Waals surface area contributed by atoms with Crippen molar-refractivity contribution in [3.63, 3.8) is 0 Å². The molecule has 110 valence electrons. The lowest BCUT2D eigenvalue weighted by atomic mass is 10.0. The minimum atomic E-state index is -0.452. The zero-order valence-electron chi connectivity index (χ0n) is 11.7. The standard InChI is InChI=1S/C15H17N3O3/c1-11-14(18(20)21)7-8-15(17-11)16-9-13(10-19)12-5-3-2-4-6-12/h2-8,13,19H,9-10H2,1H3,(H,16,17). The Morgan fingerprint density at radius 2 is 2.00 bits per heavy atom. The molecule has 0 bridgehead atoms. The number of rotatable bonds is 6. The molecule has 6 heteroatoms. The Labute approximate surface area is 122 Å². The van der Waals surface area contributed by atoms with Gasteiger partial charge in [0.25, 0.3) is 5.69 Å². The SMILES string of the molecule is Cc1nc(NCC(CO)c2ccccc2)ccc1[N+](=O)[O-]. The van der Waals surface area contributed by atoms with Crippen LogP contribution in [0.2, 0.25) is 0 Å². The van der Waals surface area contributed by atoms with E-state index in [0.29, 0.717) is 18.1 Å². The zero-order chi connectivity index (χ0) is 15.2. The molecule has 0 aliphatic heterocycles. The van der Waals surface area contributed by atoms with Crippen molar-refractivity contribution in [3.05, 3.63) is 63.8 Å². The van der Waals surface area contributed by atoms with Gasteiger partial charge >= 0.3 is 0 Å². The Morgan fingerprint density at radius 3 is 2.57 bits per heavy atom. The third-order valence-corrected chi connectivity index (χ3v) is 3.28. The Balaban J connectivity index is 2.05. The van der Waals surface area contributed by atoms with Gasteiger partial charge in [-0.15, -0.1) is 0 Å². The molecule has 2 aromatic rings. The number of nitrogens with one attached hydrogen (secondary N) is 1. The molecule has 1 aromatic carbocycles. The van der Waals surface area contributed by atoms with Crippen LogP contribution in [0.4, 0.5) is 11.5 Å². The van der Waals surface area contributed by atoms with E-state index >= 15 is 0 Å². The van der Waals surface area contributed by atoms with Gasteiger partial charge in [0.1, 0.15) is 11.5 Å². The molecular weight excluding hydrogens is 270 g/mol. The highest BCUT2D eigenvalue weighted by Crippen LogP contribution is 2.19. The molecule has 0 fully saturated rings. The molecule has 1 atom stereocenters. The molecule has 0 amide bonds. The number of benzene rings is 1. The van der Waals surface area contributed by atoms with Gasteiger partial charge in [-0.25, -0.2) is 4.98 Å². The van der Waals surface area contributed by atoms with Crippen molar-refractivity contribution >= 4 is 11.5 Å². The molecule has 6 nitrogen and oxygen atoms in total. The molecule has 2 N–H and O–H groups in total. The lowest BCUT2D eigenvalue weighted by Gasteiger charge is -2.16. The molecule has 21 heavy (non-hydrogen) atoms. The minimum absolute atomic E-state index is 0.00215. The number of aryl methyl sites for hydroxylation is 1. The first-order chi connectivity index (χ1) is 10.1. The smallest absolute Gasteiger partial charge is 0.290 e. The summed E-state index contributed by atoms with van der Waals surface area (Å²) in [5, 5.41) is 23.3. The predicted octanol–water partition coefficient (Wildman–Crippen LogP) is 2.49. The summed E-state index contributed by atoms with van der Waals surface area (Å²) >= 11 is 0. The molecule has 0 saturated carbocycles. The Hall–Kier alpha value is -2.47. The second kappa shape index (κ2) is 6.81. The van der Waals surface area contributed by atoms with E-state index in [-0.39, 0.29) is 18.2 Å². The van der Waals surface area contributed by atoms with Gasteiger partial charge in [0.15, 0.2) is 0 Å². The van der Waals surface area contributed by atoms with Crippen molar-refractivity contribution in [1.29, 1.82) is 0 Å². The van der Waals surface area contributed by atoms with Crippen LogP contribution in [0.5, 0.6) is 0 Å². The van der Waals surface area contributed by atoms with Crippen molar-refractivity contribution in [2.75, 3.05) is 18.5 Å². The van der Waals surface area contributed by atoms with Crippen LogP contribution in [0.1, 0.15) is 17.2 Å². The van der Waals surface area contributed by atoms with E-state index in [1.54, 1.807) is 13.0 Å². The van der Waals surface area contributed by atoms with Gasteiger partial charge in [-0.2, -0.15) is 0 Å². The minimum Gasteiger partial charge on any atom is -0.396 e. The van der Waals surface area contributed by atoms with Gasteiger partial charge in [-0.05, 0) is 18.6 Å². The van der Waals surface area contributed by atoms with Crippen LogP contribution in [0.15, 0.2) is 42.5 Å². The number of aromatic nitrogens is 1. The summed E-state index contributed by atoms with van der Waals surface area (Å²) in [6.45, 7) is 2.12. The molecule has 1 aromatic heterocycles. The fraction of sp³-hybridized carbons (Fsp3) is 0.267. The number of nitro groups is 1. The highest BCUT2D eigenvalue weighted by atomic mass is 16.6. The summed E-state index contributed by atoms with van der Waals surface area (Å²) in [7, 11) is 0. The molecule has 1 heterocycles. The van der Waals surface area contributed by atoms with E-state index in [4.69, 9.17) is 0 Å². The second-order valence-corrected chi connectivity index (χ2v) is 4.73.